The highest BCUT2D eigenvalue weighted by molar-refractivity contribution is 5.93. The van der Waals surface area contributed by atoms with Gasteiger partial charge in [-0.25, -0.2) is 9.37 Å². The molecule has 0 fully saturated rings. The molecule has 0 unspecified atom stereocenters. The van der Waals surface area contributed by atoms with Crippen molar-refractivity contribution in [2.24, 2.45) is 7.05 Å². The van der Waals surface area contributed by atoms with Gasteiger partial charge in [0.15, 0.2) is 11.6 Å². The van der Waals surface area contributed by atoms with Gasteiger partial charge in [-0.15, -0.1) is 0 Å². The molecule has 25 heavy (non-hydrogen) atoms. The highest BCUT2D eigenvalue weighted by Gasteiger charge is 2.21. The molecule has 2 aromatic heterocycles. The van der Waals surface area contributed by atoms with Gasteiger partial charge in [0, 0.05) is 54.1 Å². The lowest BCUT2D eigenvalue weighted by molar-refractivity contribution is 0.387. The van der Waals surface area contributed by atoms with Crippen molar-refractivity contribution < 1.29 is 9.13 Å². The van der Waals surface area contributed by atoms with E-state index >= 15 is 0 Å². The van der Waals surface area contributed by atoms with Gasteiger partial charge in [-0.3, -0.25) is 0 Å². The number of aromatic nitrogens is 2. The first-order valence-corrected chi connectivity index (χ1v) is 8.10. The maximum Gasteiger partial charge on any atom is 0.165 e. The van der Waals surface area contributed by atoms with Crippen LogP contribution in [0.2, 0.25) is 0 Å². The topological polar surface area (TPSA) is 51.1 Å². The van der Waals surface area contributed by atoms with E-state index in [0.717, 1.165) is 40.9 Å². The molecule has 0 saturated heterocycles. The first-order valence-electron chi connectivity index (χ1n) is 8.10. The zero-order valence-electron chi connectivity index (χ0n) is 14.2. The number of benzene rings is 1. The summed E-state index contributed by atoms with van der Waals surface area (Å²) in [4.78, 5) is 4.74. The fourth-order valence-electron chi connectivity index (χ4n) is 3.35. The summed E-state index contributed by atoms with van der Waals surface area (Å²) in [5, 5.41) is 7.60. The molecule has 1 aromatic carbocycles. The number of ether oxygens (including phenoxy) is 1. The van der Waals surface area contributed by atoms with E-state index in [2.05, 4.69) is 21.8 Å². The molecule has 2 N–H and O–H groups in total. The Balaban J connectivity index is 1.75. The standard InChI is InChI=1S/C19H19FN4O/c1-11-18-13-5-7-17(22-12-4-6-14(20)16(10-12)25-3)23-19(13)24(2)15(18)8-9-21-11/h4-7,10,21H,1,8-9H2,2-3H3,(H,22,23). The maximum atomic E-state index is 13.6. The van der Waals surface area contributed by atoms with Crippen LogP contribution in [-0.4, -0.2) is 23.2 Å². The second-order valence-corrected chi connectivity index (χ2v) is 6.08. The van der Waals surface area contributed by atoms with Crippen molar-refractivity contribution in [3.63, 3.8) is 0 Å². The second kappa shape index (κ2) is 5.81. The third-order valence-corrected chi connectivity index (χ3v) is 4.58. The van der Waals surface area contributed by atoms with E-state index < -0.39 is 5.82 Å². The molecule has 0 amide bonds. The summed E-state index contributed by atoms with van der Waals surface area (Å²) in [5.74, 6) is 0.498. The molecular formula is C19H19FN4O. The predicted octanol–water partition coefficient (Wildman–Crippen LogP) is 3.58. The largest absolute Gasteiger partial charge is 0.494 e. The predicted molar refractivity (Wildman–Crippen MR) is 97.7 cm³/mol. The van der Waals surface area contributed by atoms with Crippen molar-refractivity contribution in [2.75, 3.05) is 19.0 Å². The molecule has 1 aliphatic heterocycles. The van der Waals surface area contributed by atoms with Gasteiger partial charge in [0.2, 0.25) is 0 Å². The molecule has 4 rings (SSSR count). The van der Waals surface area contributed by atoms with Crippen LogP contribution in [0, 0.1) is 5.82 Å². The third kappa shape index (κ3) is 2.50. The number of halogens is 1. The average Bonchev–Trinajstić information content (AvgIpc) is 2.90. The highest BCUT2D eigenvalue weighted by Crippen LogP contribution is 2.32. The molecule has 0 atom stereocenters. The molecule has 5 nitrogen and oxygen atoms in total. The van der Waals surface area contributed by atoms with E-state index in [1.54, 1.807) is 12.1 Å². The number of fused-ring (bicyclic) bond motifs is 3. The SMILES string of the molecule is C=C1NCCc2c1c1ccc(Nc3ccc(F)c(OC)c3)nc1n2C. The van der Waals surface area contributed by atoms with Crippen LogP contribution in [0.15, 0.2) is 36.9 Å². The fraction of sp³-hybridized carbons (Fsp3) is 0.211. The summed E-state index contributed by atoms with van der Waals surface area (Å²) >= 11 is 0. The van der Waals surface area contributed by atoms with Gasteiger partial charge >= 0.3 is 0 Å². The Hall–Kier alpha value is -3.02. The maximum absolute atomic E-state index is 13.6. The number of anilines is 2. The highest BCUT2D eigenvalue weighted by atomic mass is 19.1. The van der Waals surface area contributed by atoms with Gasteiger partial charge < -0.3 is 19.9 Å². The first kappa shape index (κ1) is 15.5. The Morgan fingerprint density at radius 2 is 2.16 bits per heavy atom. The minimum atomic E-state index is -0.391. The number of pyridine rings is 1. The number of rotatable bonds is 3. The second-order valence-electron chi connectivity index (χ2n) is 6.08. The van der Waals surface area contributed by atoms with Crippen LogP contribution in [0.25, 0.3) is 16.7 Å². The lowest BCUT2D eigenvalue weighted by Gasteiger charge is -2.17. The molecule has 0 saturated carbocycles. The van der Waals surface area contributed by atoms with Gasteiger partial charge in [0.25, 0.3) is 0 Å². The minimum absolute atomic E-state index is 0.197. The lowest BCUT2D eigenvalue weighted by Crippen LogP contribution is -2.22. The number of methoxy groups -OCH3 is 1. The lowest BCUT2D eigenvalue weighted by atomic mass is 10.0. The molecule has 0 radical (unpaired) electrons. The summed E-state index contributed by atoms with van der Waals surface area (Å²) in [7, 11) is 3.47. The van der Waals surface area contributed by atoms with E-state index in [4.69, 9.17) is 9.72 Å². The van der Waals surface area contributed by atoms with Gasteiger partial charge in [0.05, 0.1) is 7.11 Å². The fourth-order valence-corrected chi connectivity index (χ4v) is 3.35. The Morgan fingerprint density at radius 3 is 2.96 bits per heavy atom. The van der Waals surface area contributed by atoms with E-state index in [-0.39, 0.29) is 5.75 Å². The van der Waals surface area contributed by atoms with Gasteiger partial charge in [-0.2, -0.15) is 0 Å². The van der Waals surface area contributed by atoms with Crippen molar-refractivity contribution in [1.29, 1.82) is 0 Å². The van der Waals surface area contributed by atoms with Crippen molar-refractivity contribution in [3.05, 3.63) is 54.0 Å². The molecule has 1 aliphatic rings. The summed E-state index contributed by atoms with van der Waals surface area (Å²) in [6.07, 6.45) is 0.944. The molecule has 128 valence electrons. The Labute approximate surface area is 145 Å². The van der Waals surface area contributed by atoms with Crippen LogP contribution in [0.4, 0.5) is 15.9 Å². The molecule has 3 aromatic rings. The average molecular weight is 338 g/mol. The van der Waals surface area contributed by atoms with Crippen molar-refractivity contribution >= 4 is 28.2 Å². The van der Waals surface area contributed by atoms with Crippen LogP contribution < -0.4 is 15.4 Å². The molecule has 0 spiro atoms. The molecule has 3 heterocycles. The Morgan fingerprint density at radius 1 is 1.32 bits per heavy atom. The number of aryl methyl sites for hydroxylation is 1. The minimum Gasteiger partial charge on any atom is -0.494 e. The number of hydrogen-bond acceptors (Lipinski definition) is 4. The summed E-state index contributed by atoms with van der Waals surface area (Å²) in [6.45, 7) is 5.00. The molecule has 6 heteroatoms. The molecule has 0 bridgehead atoms. The van der Waals surface area contributed by atoms with E-state index in [9.17, 15) is 4.39 Å². The Kier molecular flexibility index (Phi) is 3.60. The van der Waals surface area contributed by atoms with E-state index in [1.165, 1.54) is 18.9 Å². The zero-order valence-corrected chi connectivity index (χ0v) is 14.2. The van der Waals surface area contributed by atoms with Crippen molar-refractivity contribution in [3.8, 4) is 5.75 Å². The van der Waals surface area contributed by atoms with Crippen LogP contribution in [-0.2, 0) is 13.5 Å². The van der Waals surface area contributed by atoms with E-state index in [0.29, 0.717) is 5.82 Å². The van der Waals surface area contributed by atoms with Gasteiger partial charge in [0.1, 0.15) is 11.5 Å². The number of hydrogen-bond donors (Lipinski definition) is 2. The van der Waals surface area contributed by atoms with Crippen LogP contribution in [0.5, 0.6) is 5.75 Å². The summed E-state index contributed by atoms with van der Waals surface area (Å²) < 4.78 is 20.7. The van der Waals surface area contributed by atoms with Crippen LogP contribution in [0.3, 0.4) is 0 Å². The zero-order chi connectivity index (χ0) is 17.6. The number of nitrogens with zero attached hydrogens (tertiary/aromatic N) is 2. The third-order valence-electron chi connectivity index (χ3n) is 4.58. The monoisotopic (exact) mass is 338 g/mol. The summed E-state index contributed by atoms with van der Waals surface area (Å²) in [6, 6.07) is 8.61. The molecule has 0 aliphatic carbocycles. The molecular weight excluding hydrogens is 319 g/mol. The van der Waals surface area contributed by atoms with Crippen molar-refractivity contribution in [2.45, 2.75) is 6.42 Å². The smallest absolute Gasteiger partial charge is 0.165 e. The normalized spacial score (nSPS) is 13.5. The van der Waals surface area contributed by atoms with Crippen LogP contribution >= 0.6 is 0 Å². The Bertz CT molecular complexity index is 993. The first-order chi connectivity index (χ1) is 12.1. The van der Waals surface area contributed by atoms with Gasteiger partial charge in [-0.05, 0) is 24.3 Å². The number of nitrogens with one attached hydrogen (secondary N) is 2. The summed E-state index contributed by atoms with van der Waals surface area (Å²) in [5.41, 5.74) is 4.94. The van der Waals surface area contributed by atoms with Crippen molar-refractivity contribution in [1.82, 2.24) is 14.9 Å². The quantitative estimate of drug-likeness (QED) is 0.766. The van der Waals surface area contributed by atoms with Gasteiger partial charge in [-0.1, -0.05) is 6.58 Å². The van der Waals surface area contributed by atoms with Crippen LogP contribution in [0.1, 0.15) is 11.3 Å². The van der Waals surface area contributed by atoms with E-state index in [1.807, 2.05) is 19.2 Å².